The number of unbranched alkanes of at least 4 members (excludes halogenated alkanes) is 1. The van der Waals surface area contributed by atoms with Crippen molar-refractivity contribution in [2.24, 2.45) is 0 Å². The van der Waals surface area contributed by atoms with Gasteiger partial charge in [0.05, 0.1) is 21.5 Å². The number of ether oxygens (including phenoxy) is 1. The fourth-order valence-corrected chi connectivity index (χ4v) is 9.37. The number of hydrogen-bond acceptors (Lipinski definition) is 6. The lowest BCUT2D eigenvalue weighted by Crippen LogP contribution is -2.27. The molecule has 0 amide bonds. The standard InChI is InChI=1S/C33H37N3O2S3/c1-5-8-18-35-26(6-2)30(41-33(35)39)32-34(7-3)31(37)29(40-32)20-21-12-17-28-25(19-21)24-10-9-11-27(24)36(28)22-13-15-23(38-4)16-14-22/h6,12-17,19-20,24,27H,5,7-11,18H2,1-4H3/b26-6?,29-20+,32-30+. The zero-order valence-corrected chi connectivity index (χ0v) is 26.6. The van der Waals surface area contributed by atoms with Crippen LogP contribution in [0.5, 0.6) is 5.75 Å². The molecule has 0 spiro atoms. The van der Waals surface area contributed by atoms with E-state index in [4.69, 9.17) is 17.0 Å². The van der Waals surface area contributed by atoms with E-state index < -0.39 is 0 Å². The van der Waals surface area contributed by atoms with E-state index in [1.807, 2.05) is 23.6 Å². The normalized spacial score (nSPS) is 19.7. The molecule has 1 aliphatic heterocycles. The highest BCUT2D eigenvalue weighted by molar-refractivity contribution is 7.73. The molecule has 0 saturated heterocycles. The van der Waals surface area contributed by atoms with E-state index >= 15 is 0 Å². The molecule has 2 atom stereocenters. The molecular formula is C33H37N3O2S3. The Bertz CT molecular complexity index is 1910. The van der Waals surface area contributed by atoms with E-state index in [1.54, 1.807) is 29.8 Å². The van der Waals surface area contributed by atoms with Crippen LogP contribution in [0.4, 0.5) is 11.4 Å². The van der Waals surface area contributed by atoms with Crippen LogP contribution >= 0.6 is 34.9 Å². The van der Waals surface area contributed by atoms with Gasteiger partial charge in [0.15, 0.2) is 3.95 Å². The van der Waals surface area contributed by atoms with Gasteiger partial charge in [-0.2, -0.15) is 0 Å². The Morgan fingerprint density at radius 2 is 1.88 bits per heavy atom. The van der Waals surface area contributed by atoms with E-state index in [9.17, 15) is 4.79 Å². The number of fused-ring (bicyclic) bond motifs is 3. The summed E-state index contributed by atoms with van der Waals surface area (Å²) in [6, 6.07) is 15.6. The van der Waals surface area contributed by atoms with Crippen LogP contribution in [0, 0.1) is 13.1 Å². The zero-order valence-electron chi connectivity index (χ0n) is 24.2. The molecule has 2 aromatic heterocycles. The van der Waals surface area contributed by atoms with Crippen molar-refractivity contribution in [2.75, 3.05) is 12.0 Å². The number of aromatic nitrogens is 2. The fourth-order valence-electron chi connectivity index (χ4n) is 6.55. The molecule has 1 fully saturated rings. The van der Waals surface area contributed by atoms with Crippen LogP contribution in [0.2, 0.25) is 0 Å². The molecule has 1 saturated carbocycles. The second-order valence-corrected chi connectivity index (χ2v) is 13.5. The van der Waals surface area contributed by atoms with Crippen molar-refractivity contribution in [2.45, 2.75) is 77.9 Å². The van der Waals surface area contributed by atoms with Crippen molar-refractivity contribution in [1.29, 1.82) is 0 Å². The summed E-state index contributed by atoms with van der Waals surface area (Å²) in [6.07, 6.45) is 10.1. The van der Waals surface area contributed by atoms with Crippen molar-refractivity contribution < 1.29 is 4.74 Å². The van der Waals surface area contributed by atoms with Crippen LogP contribution in [-0.2, 0) is 13.1 Å². The zero-order chi connectivity index (χ0) is 28.7. The molecule has 8 heteroatoms. The Morgan fingerprint density at radius 1 is 1.07 bits per heavy atom. The molecule has 3 heterocycles. The van der Waals surface area contributed by atoms with Crippen molar-refractivity contribution in [1.82, 2.24) is 9.13 Å². The summed E-state index contributed by atoms with van der Waals surface area (Å²) in [5.41, 5.74) is 5.07. The molecule has 2 unspecified atom stereocenters. The van der Waals surface area contributed by atoms with Crippen LogP contribution in [0.25, 0.3) is 12.2 Å². The lowest BCUT2D eigenvalue weighted by atomic mass is 9.96. The maximum atomic E-state index is 13.7. The number of methoxy groups -OCH3 is 1. The van der Waals surface area contributed by atoms with Gasteiger partial charge >= 0.3 is 0 Å². The van der Waals surface area contributed by atoms with Gasteiger partial charge in [-0.05, 0) is 98.9 Å². The number of rotatable bonds is 7. The minimum atomic E-state index is 0.0769. The first kappa shape index (κ1) is 28.2. The number of thiazole rings is 2. The lowest BCUT2D eigenvalue weighted by molar-refractivity contribution is 0.415. The van der Waals surface area contributed by atoms with Gasteiger partial charge in [-0.3, -0.25) is 9.36 Å². The van der Waals surface area contributed by atoms with Crippen LogP contribution in [0.15, 0.2) is 47.3 Å². The lowest BCUT2D eigenvalue weighted by Gasteiger charge is -2.27. The molecule has 0 radical (unpaired) electrons. The third-order valence-corrected chi connectivity index (χ3v) is 11.3. The van der Waals surface area contributed by atoms with Crippen molar-refractivity contribution in [3.8, 4) is 5.75 Å². The summed E-state index contributed by atoms with van der Waals surface area (Å²) < 4.78 is 13.3. The average molecular weight is 604 g/mol. The van der Waals surface area contributed by atoms with Gasteiger partial charge in [0.25, 0.3) is 5.56 Å². The molecule has 1 aliphatic carbocycles. The molecule has 4 aromatic rings. The van der Waals surface area contributed by atoms with Gasteiger partial charge in [-0.25, -0.2) is 0 Å². The van der Waals surface area contributed by atoms with E-state index in [0.29, 0.717) is 18.5 Å². The molecule has 2 aromatic carbocycles. The summed E-state index contributed by atoms with van der Waals surface area (Å²) in [7, 11) is 1.71. The second kappa shape index (κ2) is 11.7. The highest BCUT2D eigenvalue weighted by Crippen LogP contribution is 2.52. The predicted molar refractivity (Wildman–Crippen MR) is 175 cm³/mol. The summed E-state index contributed by atoms with van der Waals surface area (Å²) in [6.45, 7) is 7.86. The van der Waals surface area contributed by atoms with Crippen LogP contribution < -0.4 is 25.1 Å². The van der Waals surface area contributed by atoms with Gasteiger partial charge in [-0.1, -0.05) is 31.9 Å². The Labute approximate surface area is 254 Å². The fraction of sp³-hybridized carbons (Fsp3) is 0.394. The largest absolute Gasteiger partial charge is 0.497 e. The topological polar surface area (TPSA) is 39.4 Å². The van der Waals surface area contributed by atoms with Crippen LogP contribution in [0.1, 0.15) is 69.9 Å². The Morgan fingerprint density at radius 3 is 2.59 bits per heavy atom. The first-order chi connectivity index (χ1) is 20.0. The smallest absolute Gasteiger partial charge is 0.269 e. The van der Waals surface area contributed by atoms with Crippen molar-refractivity contribution >= 4 is 58.4 Å². The SMILES string of the molecule is CC=c1/c(=c2\s/c(=C/c3ccc4c(c3)C3CCCC3N4c3ccc(OC)cc3)c(=O)n2CC)sc(=S)n1CCCC. The molecule has 41 heavy (non-hydrogen) atoms. The third kappa shape index (κ3) is 4.94. The quantitative estimate of drug-likeness (QED) is 0.213. The van der Waals surface area contributed by atoms with E-state index in [-0.39, 0.29) is 5.56 Å². The highest BCUT2D eigenvalue weighted by Gasteiger charge is 2.42. The molecule has 0 bridgehead atoms. The molecule has 214 valence electrons. The monoisotopic (exact) mass is 603 g/mol. The third-order valence-electron chi connectivity index (χ3n) is 8.53. The van der Waals surface area contributed by atoms with Gasteiger partial charge in [0.1, 0.15) is 10.4 Å². The molecular weight excluding hydrogens is 567 g/mol. The average Bonchev–Trinajstić information content (AvgIpc) is 3.73. The van der Waals surface area contributed by atoms with Gasteiger partial charge < -0.3 is 14.2 Å². The Balaban J connectivity index is 1.48. The highest BCUT2D eigenvalue weighted by atomic mass is 32.1. The van der Waals surface area contributed by atoms with E-state index in [0.717, 1.165) is 53.7 Å². The van der Waals surface area contributed by atoms with E-state index in [1.165, 1.54) is 36.2 Å². The van der Waals surface area contributed by atoms with Crippen LogP contribution in [0.3, 0.4) is 0 Å². The first-order valence-corrected chi connectivity index (χ1v) is 16.7. The predicted octanol–water partition coefficient (Wildman–Crippen LogP) is 7.03. The molecule has 6 rings (SSSR count). The number of hydrogen-bond donors (Lipinski definition) is 0. The summed E-state index contributed by atoms with van der Waals surface area (Å²) in [4.78, 5) is 16.2. The van der Waals surface area contributed by atoms with Crippen LogP contribution in [-0.4, -0.2) is 22.3 Å². The van der Waals surface area contributed by atoms with Gasteiger partial charge in [0, 0.05) is 36.4 Å². The summed E-state index contributed by atoms with van der Waals surface area (Å²) in [5, 5.41) is 1.13. The minimum Gasteiger partial charge on any atom is -0.497 e. The summed E-state index contributed by atoms with van der Waals surface area (Å²) >= 11 is 8.98. The number of nitrogens with zero attached hydrogens (tertiary/aromatic N) is 3. The van der Waals surface area contributed by atoms with E-state index in [2.05, 4.69) is 65.8 Å². The summed E-state index contributed by atoms with van der Waals surface area (Å²) in [5.74, 6) is 1.39. The Kier molecular flexibility index (Phi) is 8.07. The molecule has 2 aliphatic rings. The van der Waals surface area contributed by atoms with Gasteiger partial charge in [0.2, 0.25) is 0 Å². The molecule has 5 nitrogen and oxygen atoms in total. The van der Waals surface area contributed by atoms with Gasteiger partial charge in [-0.15, -0.1) is 22.7 Å². The van der Waals surface area contributed by atoms with Crippen molar-refractivity contribution in [3.63, 3.8) is 0 Å². The maximum Gasteiger partial charge on any atom is 0.269 e. The second-order valence-electron chi connectivity index (χ2n) is 10.8. The maximum absolute atomic E-state index is 13.7. The number of benzene rings is 2. The molecule has 0 N–H and O–H groups in total. The number of anilines is 2. The first-order valence-electron chi connectivity index (χ1n) is 14.7. The minimum absolute atomic E-state index is 0.0769. The Hall–Kier alpha value is -2.94. The van der Waals surface area contributed by atoms with Crippen molar-refractivity contribution in [3.05, 3.63) is 87.0 Å².